The lowest BCUT2D eigenvalue weighted by Crippen LogP contribution is -1.97. The fourth-order valence-electron chi connectivity index (χ4n) is 1.44. The van der Waals surface area contributed by atoms with Gasteiger partial charge in [0, 0.05) is 6.42 Å². The molecule has 0 fully saturated rings. The molecule has 0 aliphatic heterocycles. The van der Waals surface area contributed by atoms with E-state index in [-0.39, 0.29) is 0 Å². The minimum absolute atomic E-state index is 0.310. The average molecular weight is 196 g/mol. The molecule has 1 nitrogen and oxygen atoms in total. The summed E-state index contributed by atoms with van der Waals surface area (Å²) in [4.78, 5) is 11.5. The largest absolute Gasteiger partial charge is 0.295 e. The topological polar surface area (TPSA) is 17.1 Å². The SMILES string of the molecule is CCC(=CC(=O)CCCC(C)C)CC. The summed E-state index contributed by atoms with van der Waals surface area (Å²) < 4.78 is 0. The van der Waals surface area contributed by atoms with Crippen LogP contribution in [0.2, 0.25) is 0 Å². The highest BCUT2D eigenvalue weighted by atomic mass is 16.1. The van der Waals surface area contributed by atoms with Gasteiger partial charge < -0.3 is 0 Å². The van der Waals surface area contributed by atoms with Crippen molar-refractivity contribution in [2.45, 2.75) is 59.8 Å². The van der Waals surface area contributed by atoms with E-state index in [0.717, 1.165) is 32.1 Å². The Balaban J connectivity index is 3.79. The van der Waals surface area contributed by atoms with E-state index in [4.69, 9.17) is 0 Å². The van der Waals surface area contributed by atoms with E-state index < -0.39 is 0 Å². The molecule has 0 N–H and O–H groups in total. The molecule has 0 saturated carbocycles. The molecule has 0 aliphatic carbocycles. The van der Waals surface area contributed by atoms with Gasteiger partial charge >= 0.3 is 0 Å². The van der Waals surface area contributed by atoms with Crippen molar-refractivity contribution >= 4 is 5.78 Å². The Morgan fingerprint density at radius 2 is 1.79 bits per heavy atom. The summed E-state index contributed by atoms with van der Waals surface area (Å²) in [5.41, 5.74) is 1.28. The van der Waals surface area contributed by atoms with Gasteiger partial charge in [-0.2, -0.15) is 0 Å². The fourth-order valence-corrected chi connectivity index (χ4v) is 1.44. The van der Waals surface area contributed by atoms with Gasteiger partial charge in [0.05, 0.1) is 0 Å². The van der Waals surface area contributed by atoms with E-state index in [2.05, 4.69) is 27.7 Å². The maximum atomic E-state index is 11.5. The summed E-state index contributed by atoms with van der Waals surface area (Å²) in [5.74, 6) is 1.02. The van der Waals surface area contributed by atoms with Crippen LogP contribution in [0.3, 0.4) is 0 Å². The smallest absolute Gasteiger partial charge is 0.155 e. The third kappa shape index (κ3) is 6.88. The van der Waals surface area contributed by atoms with Gasteiger partial charge in [0.2, 0.25) is 0 Å². The van der Waals surface area contributed by atoms with Crippen molar-refractivity contribution < 1.29 is 4.79 Å². The molecule has 0 amide bonds. The zero-order chi connectivity index (χ0) is 11.0. The monoisotopic (exact) mass is 196 g/mol. The van der Waals surface area contributed by atoms with E-state index >= 15 is 0 Å². The lowest BCUT2D eigenvalue weighted by Gasteiger charge is -2.03. The molecule has 1 heteroatoms. The summed E-state index contributed by atoms with van der Waals surface area (Å²) in [6.45, 7) is 8.61. The second-order valence-corrected chi connectivity index (χ2v) is 4.26. The van der Waals surface area contributed by atoms with Crippen LogP contribution in [0.1, 0.15) is 59.8 Å². The summed E-state index contributed by atoms with van der Waals surface area (Å²) in [7, 11) is 0. The number of ketones is 1. The highest BCUT2D eigenvalue weighted by Crippen LogP contribution is 2.10. The predicted molar refractivity (Wildman–Crippen MR) is 62.4 cm³/mol. The number of allylic oxidation sites excluding steroid dienone is 2. The number of carbonyl (C=O) groups is 1. The van der Waals surface area contributed by atoms with Crippen LogP contribution < -0.4 is 0 Å². The van der Waals surface area contributed by atoms with Crippen molar-refractivity contribution in [3.63, 3.8) is 0 Å². The van der Waals surface area contributed by atoms with Crippen LogP contribution in [0.15, 0.2) is 11.6 Å². The average Bonchev–Trinajstić information content (AvgIpc) is 2.13. The zero-order valence-electron chi connectivity index (χ0n) is 10.1. The van der Waals surface area contributed by atoms with Crippen molar-refractivity contribution in [2.75, 3.05) is 0 Å². The normalized spacial score (nSPS) is 10.4. The summed E-state index contributed by atoms with van der Waals surface area (Å²) in [5, 5.41) is 0. The summed E-state index contributed by atoms with van der Waals surface area (Å²) in [6.07, 6.45) is 6.78. The second kappa shape index (κ2) is 7.78. The highest BCUT2D eigenvalue weighted by Gasteiger charge is 2.01. The number of carbonyl (C=O) groups excluding carboxylic acids is 1. The van der Waals surface area contributed by atoms with Crippen LogP contribution in [0.4, 0.5) is 0 Å². The van der Waals surface area contributed by atoms with E-state index in [1.54, 1.807) is 0 Å². The fraction of sp³-hybridized carbons (Fsp3) is 0.769. The van der Waals surface area contributed by atoms with Gasteiger partial charge in [-0.3, -0.25) is 4.79 Å². The first kappa shape index (κ1) is 13.4. The van der Waals surface area contributed by atoms with Gasteiger partial charge in [-0.25, -0.2) is 0 Å². The molecule has 0 atom stereocenters. The van der Waals surface area contributed by atoms with Crippen molar-refractivity contribution in [3.8, 4) is 0 Å². The Labute approximate surface area is 88.6 Å². The molecule has 0 aromatic heterocycles. The summed E-state index contributed by atoms with van der Waals surface area (Å²) in [6, 6.07) is 0. The Hall–Kier alpha value is -0.590. The quantitative estimate of drug-likeness (QED) is 0.560. The van der Waals surface area contributed by atoms with E-state index in [1.165, 1.54) is 5.57 Å². The van der Waals surface area contributed by atoms with Gasteiger partial charge in [-0.05, 0) is 31.3 Å². The Bertz CT molecular complexity index is 183. The number of hydrogen-bond donors (Lipinski definition) is 0. The molecule has 0 unspecified atom stereocenters. The molecule has 0 aromatic rings. The van der Waals surface area contributed by atoms with Crippen molar-refractivity contribution in [2.24, 2.45) is 5.92 Å². The number of hydrogen-bond acceptors (Lipinski definition) is 1. The molecule has 14 heavy (non-hydrogen) atoms. The molecule has 0 saturated heterocycles. The molecule has 0 heterocycles. The van der Waals surface area contributed by atoms with E-state index in [1.807, 2.05) is 6.08 Å². The van der Waals surface area contributed by atoms with Crippen molar-refractivity contribution in [1.29, 1.82) is 0 Å². The van der Waals surface area contributed by atoms with Crippen LogP contribution in [-0.4, -0.2) is 5.78 Å². The maximum absolute atomic E-state index is 11.5. The van der Waals surface area contributed by atoms with Gasteiger partial charge in [-0.15, -0.1) is 0 Å². The van der Waals surface area contributed by atoms with Crippen LogP contribution in [0.25, 0.3) is 0 Å². The van der Waals surface area contributed by atoms with Crippen LogP contribution >= 0.6 is 0 Å². The molecule has 82 valence electrons. The van der Waals surface area contributed by atoms with E-state index in [0.29, 0.717) is 11.7 Å². The van der Waals surface area contributed by atoms with Crippen molar-refractivity contribution in [3.05, 3.63) is 11.6 Å². The third-order valence-electron chi connectivity index (χ3n) is 2.48. The second-order valence-electron chi connectivity index (χ2n) is 4.26. The Morgan fingerprint density at radius 1 is 1.21 bits per heavy atom. The van der Waals surface area contributed by atoms with Gasteiger partial charge in [0.15, 0.2) is 5.78 Å². The Kier molecular flexibility index (Phi) is 7.45. The molecule has 0 radical (unpaired) electrons. The van der Waals surface area contributed by atoms with Gasteiger partial charge in [-0.1, -0.05) is 39.7 Å². The molecule has 0 aliphatic rings. The van der Waals surface area contributed by atoms with Gasteiger partial charge in [0.1, 0.15) is 0 Å². The third-order valence-corrected chi connectivity index (χ3v) is 2.48. The molecule has 0 aromatic carbocycles. The lowest BCUT2D eigenvalue weighted by atomic mass is 10.0. The molecule has 0 spiro atoms. The van der Waals surface area contributed by atoms with Crippen LogP contribution in [0.5, 0.6) is 0 Å². The standard InChI is InChI=1S/C13H24O/c1-5-12(6-2)10-13(14)9-7-8-11(3)4/h10-11H,5-9H2,1-4H3. The molecular weight excluding hydrogens is 172 g/mol. The zero-order valence-corrected chi connectivity index (χ0v) is 10.1. The maximum Gasteiger partial charge on any atom is 0.155 e. The Morgan fingerprint density at radius 3 is 2.21 bits per heavy atom. The predicted octanol–water partition coefficient (Wildman–Crippen LogP) is 4.13. The first-order valence-electron chi connectivity index (χ1n) is 5.82. The van der Waals surface area contributed by atoms with Crippen molar-refractivity contribution in [1.82, 2.24) is 0 Å². The van der Waals surface area contributed by atoms with Gasteiger partial charge in [0.25, 0.3) is 0 Å². The van der Waals surface area contributed by atoms with Crippen LogP contribution in [0, 0.1) is 5.92 Å². The molecule has 0 bridgehead atoms. The van der Waals surface area contributed by atoms with Crippen LogP contribution in [-0.2, 0) is 4.79 Å². The number of rotatable bonds is 7. The molecule has 0 rings (SSSR count). The first-order valence-corrected chi connectivity index (χ1v) is 5.82. The first-order chi connectivity index (χ1) is 6.60. The summed E-state index contributed by atoms with van der Waals surface area (Å²) >= 11 is 0. The molecular formula is C13H24O. The van der Waals surface area contributed by atoms with E-state index in [9.17, 15) is 4.79 Å². The highest BCUT2D eigenvalue weighted by molar-refractivity contribution is 5.90. The lowest BCUT2D eigenvalue weighted by molar-refractivity contribution is -0.114. The minimum Gasteiger partial charge on any atom is -0.295 e. The minimum atomic E-state index is 0.310.